The quantitative estimate of drug-likeness (QED) is 0.554. The van der Waals surface area contributed by atoms with E-state index in [9.17, 15) is 0 Å². The first-order chi connectivity index (χ1) is 5.38. The molecular weight excluding hydrogens is 160 g/mol. The van der Waals surface area contributed by atoms with Crippen LogP contribution >= 0.6 is 11.6 Å². The van der Waals surface area contributed by atoms with E-state index >= 15 is 0 Å². The van der Waals surface area contributed by atoms with Gasteiger partial charge in [-0.25, -0.2) is 9.97 Å². The van der Waals surface area contributed by atoms with Gasteiger partial charge < -0.3 is 0 Å². The Morgan fingerprint density at radius 3 is 2.82 bits per heavy atom. The van der Waals surface area contributed by atoms with E-state index in [-0.39, 0.29) is 0 Å². The van der Waals surface area contributed by atoms with Crippen LogP contribution in [0.15, 0.2) is 6.33 Å². The molecule has 1 aromatic heterocycles. The van der Waals surface area contributed by atoms with Crippen LogP contribution in [-0.2, 0) is 12.8 Å². The minimum atomic E-state index is 0.648. The fraction of sp³-hybridized carbons (Fsp3) is 0.500. The van der Waals surface area contributed by atoms with Crippen LogP contribution in [0.2, 0.25) is 5.15 Å². The summed E-state index contributed by atoms with van der Waals surface area (Å²) in [6, 6.07) is 0. The van der Waals surface area contributed by atoms with Crippen molar-refractivity contribution in [1.82, 2.24) is 9.97 Å². The van der Waals surface area contributed by atoms with E-state index in [0.717, 1.165) is 18.5 Å². The van der Waals surface area contributed by atoms with E-state index in [1.807, 2.05) is 0 Å². The van der Waals surface area contributed by atoms with Crippen molar-refractivity contribution in [1.29, 1.82) is 0 Å². The molecule has 11 heavy (non-hydrogen) atoms. The summed E-state index contributed by atoms with van der Waals surface area (Å²) >= 11 is 5.89. The molecule has 2 nitrogen and oxygen atoms in total. The van der Waals surface area contributed by atoms with Gasteiger partial charge in [-0.3, -0.25) is 0 Å². The number of aryl methyl sites for hydroxylation is 1. The monoisotopic (exact) mass is 168 g/mol. The molecule has 0 saturated heterocycles. The lowest BCUT2D eigenvalue weighted by molar-refractivity contribution is 0.662. The smallest absolute Gasteiger partial charge is 0.135 e. The lowest BCUT2D eigenvalue weighted by atomic mass is 9.98. The van der Waals surface area contributed by atoms with Crippen LogP contribution in [0, 0.1) is 0 Å². The fourth-order valence-electron chi connectivity index (χ4n) is 1.48. The van der Waals surface area contributed by atoms with Crippen LogP contribution in [0.25, 0.3) is 0 Å². The molecule has 1 aliphatic rings. The van der Waals surface area contributed by atoms with Gasteiger partial charge in [-0.05, 0) is 25.7 Å². The minimum absolute atomic E-state index is 0.648. The molecule has 3 heteroatoms. The van der Waals surface area contributed by atoms with Crippen molar-refractivity contribution in [3.05, 3.63) is 22.7 Å². The van der Waals surface area contributed by atoms with Crippen molar-refractivity contribution in [2.75, 3.05) is 0 Å². The Kier molecular flexibility index (Phi) is 1.78. The molecule has 1 aliphatic carbocycles. The summed E-state index contributed by atoms with van der Waals surface area (Å²) in [6.45, 7) is 0. The molecule has 0 bridgehead atoms. The predicted molar refractivity (Wildman–Crippen MR) is 43.7 cm³/mol. The Balaban J connectivity index is 2.49. The Hall–Kier alpha value is -0.630. The summed E-state index contributed by atoms with van der Waals surface area (Å²) in [5.41, 5.74) is 2.32. The molecule has 2 rings (SSSR count). The summed E-state index contributed by atoms with van der Waals surface area (Å²) in [6.07, 6.45) is 6.12. The van der Waals surface area contributed by atoms with Crippen LogP contribution in [0.1, 0.15) is 24.1 Å². The van der Waals surface area contributed by atoms with Crippen molar-refractivity contribution in [2.24, 2.45) is 0 Å². The van der Waals surface area contributed by atoms with E-state index in [1.54, 1.807) is 6.33 Å². The first kappa shape index (κ1) is 7.04. The standard InChI is InChI=1S/C8H9ClN2/c9-8-6-3-1-2-4-7(6)10-5-11-8/h5H,1-4H2. The van der Waals surface area contributed by atoms with Gasteiger partial charge in [-0.15, -0.1) is 0 Å². The lowest BCUT2D eigenvalue weighted by Crippen LogP contribution is -2.06. The molecule has 58 valence electrons. The predicted octanol–water partition coefficient (Wildman–Crippen LogP) is 2.01. The maximum atomic E-state index is 5.89. The number of hydrogen-bond donors (Lipinski definition) is 0. The van der Waals surface area contributed by atoms with Gasteiger partial charge in [0.05, 0.1) is 0 Å². The van der Waals surface area contributed by atoms with Crippen LogP contribution in [0.4, 0.5) is 0 Å². The molecule has 1 aromatic rings. The summed E-state index contributed by atoms with van der Waals surface area (Å²) < 4.78 is 0. The maximum Gasteiger partial charge on any atom is 0.135 e. The molecule has 0 saturated carbocycles. The normalized spacial score (nSPS) is 16.1. The molecule has 0 fully saturated rings. The van der Waals surface area contributed by atoms with Gasteiger partial charge in [0.15, 0.2) is 0 Å². The van der Waals surface area contributed by atoms with Crippen LogP contribution in [0.5, 0.6) is 0 Å². The molecule has 0 radical (unpaired) electrons. The van der Waals surface area contributed by atoms with Gasteiger partial charge in [-0.2, -0.15) is 0 Å². The SMILES string of the molecule is Clc1ncnc2c1CCCC2. The van der Waals surface area contributed by atoms with Gasteiger partial charge >= 0.3 is 0 Å². The number of fused-ring (bicyclic) bond motifs is 1. The largest absolute Gasteiger partial charge is 0.241 e. The highest BCUT2D eigenvalue weighted by atomic mass is 35.5. The third kappa shape index (κ3) is 1.23. The zero-order valence-corrected chi connectivity index (χ0v) is 6.93. The van der Waals surface area contributed by atoms with Crippen LogP contribution in [-0.4, -0.2) is 9.97 Å². The topological polar surface area (TPSA) is 25.8 Å². The Bertz CT molecular complexity index is 273. The Morgan fingerprint density at radius 2 is 2.00 bits per heavy atom. The van der Waals surface area contributed by atoms with E-state index in [0.29, 0.717) is 5.15 Å². The molecule has 0 atom stereocenters. The zero-order valence-electron chi connectivity index (χ0n) is 6.18. The number of aromatic nitrogens is 2. The number of halogens is 1. The van der Waals surface area contributed by atoms with E-state index in [2.05, 4.69) is 9.97 Å². The third-order valence-corrected chi connectivity index (χ3v) is 2.40. The highest BCUT2D eigenvalue weighted by Gasteiger charge is 2.13. The molecule has 0 unspecified atom stereocenters. The van der Waals surface area contributed by atoms with Crippen molar-refractivity contribution in [2.45, 2.75) is 25.7 Å². The lowest BCUT2D eigenvalue weighted by Gasteiger charge is -2.13. The summed E-state index contributed by atoms with van der Waals surface area (Å²) in [4.78, 5) is 8.13. The highest BCUT2D eigenvalue weighted by Crippen LogP contribution is 2.23. The van der Waals surface area contributed by atoms with Gasteiger partial charge in [0, 0.05) is 11.3 Å². The zero-order chi connectivity index (χ0) is 7.68. The third-order valence-electron chi connectivity index (χ3n) is 2.07. The van der Waals surface area contributed by atoms with Crippen LogP contribution in [0.3, 0.4) is 0 Å². The van der Waals surface area contributed by atoms with Crippen molar-refractivity contribution < 1.29 is 0 Å². The first-order valence-electron chi connectivity index (χ1n) is 3.86. The Morgan fingerprint density at radius 1 is 1.18 bits per heavy atom. The molecule has 1 heterocycles. The summed E-state index contributed by atoms with van der Waals surface area (Å²) in [5.74, 6) is 0. The Labute approximate surface area is 70.6 Å². The van der Waals surface area contributed by atoms with E-state index in [1.165, 1.54) is 18.4 Å². The van der Waals surface area contributed by atoms with Crippen molar-refractivity contribution >= 4 is 11.6 Å². The molecule has 0 amide bonds. The first-order valence-corrected chi connectivity index (χ1v) is 4.24. The van der Waals surface area contributed by atoms with E-state index in [4.69, 9.17) is 11.6 Å². The number of nitrogens with zero attached hydrogens (tertiary/aromatic N) is 2. The second-order valence-corrected chi connectivity index (χ2v) is 3.15. The number of rotatable bonds is 0. The van der Waals surface area contributed by atoms with Gasteiger partial charge in [0.2, 0.25) is 0 Å². The summed E-state index contributed by atoms with van der Waals surface area (Å²) in [5, 5.41) is 0.648. The van der Waals surface area contributed by atoms with Crippen LogP contribution < -0.4 is 0 Å². The van der Waals surface area contributed by atoms with Gasteiger partial charge in [0.1, 0.15) is 11.5 Å². The highest BCUT2D eigenvalue weighted by molar-refractivity contribution is 6.30. The summed E-state index contributed by atoms with van der Waals surface area (Å²) in [7, 11) is 0. The van der Waals surface area contributed by atoms with Gasteiger partial charge in [0.25, 0.3) is 0 Å². The van der Waals surface area contributed by atoms with Crippen molar-refractivity contribution in [3.63, 3.8) is 0 Å². The van der Waals surface area contributed by atoms with Crippen molar-refractivity contribution in [3.8, 4) is 0 Å². The fourth-order valence-corrected chi connectivity index (χ4v) is 1.73. The molecule has 0 aromatic carbocycles. The molecule has 0 spiro atoms. The second-order valence-electron chi connectivity index (χ2n) is 2.80. The second kappa shape index (κ2) is 2.78. The average Bonchev–Trinajstić information content (AvgIpc) is 2.06. The molecular formula is C8H9ClN2. The average molecular weight is 169 g/mol. The maximum absolute atomic E-state index is 5.89. The minimum Gasteiger partial charge on any atom is -0.241 e. The van der Waals surface area contributed by atoms with Gasteiger partial charge in [-0.1, -0.05) is 11.6 Å². The molecule has 0 aliphatic heterocycles. The molecule has 0 N–H and O–H groups in total. The number of hydrogen-bond acceptors (Lipinski definition) is 2. The van der Waals surface area contributed by atoms with E-state index < -0.39 is 0 Å².